The number of benzene rings is 3. The van der Waals surface area contributed by atoms with Gasteiger partial charge in [-0.05, 0) is 127 Å². The summed E-state index contributed by atoms with van der Waals surface area (Å²) in [7, 11) is 0. The van der Waals surface area contributed by atoms with Crippen LogP contribution in [0.5, 0.6) is 11.5 Å². The Labute approximate surface area is 380 Å². The lowest BCUT2D eigenvalue weighted by Gasteiger charge is -2.39. The van der Waals surface area contributed by atoms with E-state index < -0.39 is 11.4 Å². The maximum Gasteiger partial charge on any atom is 0.446 e. The first-order chi connectivity index (χ1) is 30.3. The number of allylic oxidation sites excluding steroid dienone is 1. The van der Waals surface area contributed by atoms with E-state index in [0.29, 0.717) is 28.6 Å². The normalized spacial score (nSPS) is 17.6. The van der Waals surface area contributed by atoms with Crippen LogP contribution in [0, 0.1) is 5.41 Å². The molecule has 5 aromatic rings. The molecule has 8 rings (SSSR count). The van der Waals surface area contributed by atoms with Gasteiger partial charge in [-0.25, -0.2) is 4.98 Å². The number of nitrogens with zero attached hydrogens (tertiary/aromatic N) is 4. The van der Waals surface area contributed by atoms with Crippen LogP contribution >= 0.6 is 35.3 Å². The van der Waals surface area contributed by atoms with Gasteiger partial charge in [-0.1, -0.05) is 43.2 Å². The van der Waals surface area contributed by atoms with Crippen molar-refractivity contribution in [3.05, 3.63) is 107 Å². The van der Waals surface area contributed by atoms with Gasteiger partial charge in [-0.3, -0.25) is 14.4 Å². The molecule has 63 heavy (non-hydrogen) atoms. The highest BCUT2D eigenvalue weighted by atomic mass is 35.5. The summed E-state index contributed by atoms with van der Waals surface area (Å²) >= 11 is 7.05. The molecule has 334 valence electrons. The molecule has 0 spiro atoms. The maximum absolute atomic E-state index is 13.9. The number of anilines is 2. The number of amides is 1. The number of carbonyl (C=O) groups is 1. The lowest BCUT2D eigenvalue weighted by atomic mass is 9.72. The number of ether oxygens (including phenoxy) is 1. The van der Waals surface area contributed by atoms with E-state index in [2.05, 4.69) is 66.0 Å². The Morgan fingerprint density at radius 1 is 0.952 bits per heavy atom. The molecule has 3 aliphatic rings. The van der Waals surface area contributed by atoms with Gasteiger partial charge in [-0.2, -0.15) is 13.2 Å². The summed E-state index contributed by atoms with van der Waals surface area (Å²) in [6.07, 6.45) is 7.49. The second kappa shape index (κ2) is 20.2. The second-order valence-electron chi connectivity index (χ2n) is 17.2. The van der Waals surface area contributed by atoms with E-state index in [-0.39, 0.29) is 27.6 Å². The fourth-order valence-corrected chi connectivity index (χ4v) is 10.0. The number of pyridine rings is 1. The Kier molecular flexibility index (Phi) is 14.5. The Balaban J connectivity index is 0.953. The summed E-state index contributed by atoms with van der Waals surface area (Å²) in [6.45, 7) is 14.2. The van der Waals surface area contributed by atoms with Crippen molar-refractivity contribution in [2.75, 3.05) is 82.2 Å². The average molecular weight is 920 g/mol. The van der Waals surface area contributed by atoms with Crippen molar-refractivity contribution < 1.29 is 22.7 Å². The van der Waals surface area contributed by atoms with Crippen LogP contribution in [-0.4, -0.2) is 103 Å². The van der Waals surface area contributed by atoms with Crippen molar-refractivity contribution in [2.24, 2.45) is 5.41 Å². The number of aromatic nitrogens is 2. The Morgan fingerprint density at radius 3 is 2.52 bits per heavy atom. The zero-order valence-corrected chi connectivity index (χ0v) is 38.0. The summed E-state index contributed by atoms with van der Waals surface area (Å²) in [6, 6.07) is 22.4. The van der Waals surface area contributed by atoms with Crippen LogP contribution in [0.25, 0.3) is 16.6 Å². The molecule has 0 atom stereocenters. The number of aromatic amines is 1. The minimum atomic E-state index is -4.48. The minimum absolute atomic E-state index is 0.0476. The van der Waals surface area contributed by atoms with Gasteiger partial charge in [-0.15, -0.1) is 0 Å². The number of nitrogens with one attached hydrogen (secondary N) is 4. The number of rotatable bonds is 15. The molecule has 4 N–H and O–H groups in total. The number of alkyl halides is 3. The van der Waals surface area contributed by atoms with Crippen LogP contribution < -0.4 is 25.0 Å². The van der Waals surface area contributed by atoms with E-state index in [1.54, 1.807) is 30.6 Å². The smallest absolute Gasteiger partial charge is 0.446 e. The molecule has 2 aromatic heterocycles. The number of hydrogen-bond acceptors (Lipinski definition) is 10. The SMILES string of the molecule is CC1(C)CCC(CN2CCN(c3ccc(C(=O)NSc4ccc(NCCCN5CCNCC5)c(SC(F)(F)F)c4)c(Oc4cnc5[nH]ccc5c4)c3)CC2)=C(c2ccc(Cl)cc2)C1. The van der Waals surface area contributed by atoms with E-state index in [9.17, 15) is 18.0 Å². The molecule has 1 amide bonds. The van der Waals surface area contributed by atoms with E-state index >= 15 is 0 Å². The lowest BCUT2D eigenvalue weighted by Crippen LogP contribution is -2.47. The topological polar surface area (TPSA) is 101 Å². The number of thioether (sulfide) groups is 1. The molecule has 0 radical (unpaired) electrons. The van der Waals surface area contributed by atoms with Crippen LogP contribution in [-0.2, 0) is 0 Å². The molecule has 2 saturated heterocycles. The number of piperazine rings is 2. The van der Waals surface area contributed by atoms with Gasteiger partial charge in [0.1, 0.15) is 17.1 Å². The summed E-state index contributed by atoms with van der Waals surface area (Å²) in [5, 5.41) is 8.14. The van der Waals surface area contributed by atoms with Crippen molar-refractivity contribution in [3.8, 4) is 11.5 Å². The molecule has 2 aliphatic heterocycles. The third kappa shape index (κ3) is 12.3. The van der Waals surface area contributed by atoms with Gasteiger partial charge in [0.15, 0.2) is 0 Å². The van der Waals surface area contributed by atoms with Crippen molar-refractivity contribution in [1.82, 2.24) is 29.8 Å². The number of halogens is 4. The van der Waals surface area contributed by atoms with Crippen LogP contribution in [0.15, 0.2) is 101 Å². The highest BCUT2D eigenvalue weighted by Crippen LogP contribution is 2.44. The Hall–Kier alpha value is -4.38. The van der Waals surface area contributed by atoms with E-state index in [4.69, 9.17) is 16.3 Å². The molecule has 2 fully saturated rings. The third-order valence-corrected chi connectivity index (χ3v) is 13.8. The average Bonchev–Trinajstić information content (AvgIpc) is 3.74. The molecule has 3 aromatic carbocycles. The Bertz CT molecular complexity index is 2400. The van der Waals surface area contributed by atoms with Crippen molar-refractivity contribution in [2.45, 2.75) is 54.8 Å². The van der Waals surface area contributed by atoms with Crippen LogP contribution in [0.4, 0.5) is 24.5 Å². The highest BCUT2D eigenvalue weighted by molar-refractivity contribution is 8.00. The Morgan fingerprint density at radius 2 is 1.75 bits per heavy atom. The van der Waals surface area contributed by atoms with Crippen molar-refractivity contribution in [1.29, 1.82) is 0 Å². The van der Waals surface area contributed by atoms with Crippen LogP contribution in [0.1, 0.15) is 55.5 Å². The van der Waals surface area contributed by atoms with Crippen LogP contribution in [0.2, 0.25) is 5.02 Å². The first-order valence-electron chi connectivity index (χ1n) is 21.6. The summed E-state index contributed by atoms with van der Waals surface area (Å²) < 4.78 is 50.4. The third-order valence-electron chi connectivity index (χ3n) is 12.0. The zero-order valence-electron chi connectivity index (χ0n) is 35.6. The summed E-state index contributed by atoms with van der Waals surface area (Å²) in [5.74, 6) is 0.375. The first-order valence-corrected chi connectivity index (χ1v) is 23.6. The molecular weight excluding hydrogens is 865 g/mol. The number of hydrogen-bond donors (Lipinski definition) is 4. The van der Waals surface area contributed by atoms with E-state index in [1.807, 2.05) is 36.4 Å². The van der Waals surface area contributed by atoms with Crippen LogP contribution in [0.3, 0.4) is 0 Å². The lowest BCUT2D eigenvalue weighted by molar-refractivity contribution is -0.0328. The van der Waals surface area contributed by atoms with Gasteiger partial charge in [0.05, 0.1) is 11.8 Å². The number of carbonyl (C=O) groups excluding carboxylic acids is 1. The second-order valence-corrected chi connectivity index (χ2v) is 19.6. The van der Waals surface area contributed by atoms with Gasteiger partial charge in [0.25, 0.3) is 5.91 Å². The summed E-state index contributed by atoms with van der Waals surface area (Å²) in [5.41, 5.74) is 2.30. The van der Waals surface area contributed by atoms with Gasteiger partial charge >= 0.3 is 5.51 Å². The van der Waals surface area contributed by atoms with Gasteiger partial charge in [0, 0.05) is 109 Å². The first kappa shape index (κ1) is 45.2. The minimum Gasteiger partial charge on any atom is -0.455 e. The molecule has 10 nitrogen and oxygen atoms in total. The predicted molar refractivity (Wildman–Crippen MR) is 251 cm³/mol. The molecule has 4 heterocycles. The fourth-order valence-electron chi connectivity index (χ4n) is 8.52. The summed E-state index contributed by atoms with van der Waals surface area (Å²) in [4.78, 5) is 29.2. The monoisotopic (exact) mass is 918 g/mol. The molecule has 16 heteroatoms. The molecule has 0 saturated carbocycles. The standard InChI is InChI=1S/C47H54ClF3N8O2S2/c1-46(2)14-12-34(40(29-46)32-4-6-35(48)7-5-32)31-58-22-24-59(25-23-58)36-8-10-39(42(27-36)61-37-26-33-13-16-54-44(33)55-30-37)45(60)56-63-38-9-11-41(43(28-38)62-47(49,50)51)53-15-3-19-57-20-17-52-18-21-57/h4-11,13,16,26-28,30,52-53H,3,12,14-15,17-25,29,31H2,1-2H3,(H,54,55)(H,56,60). The number of fused-ring (bicyclic) bond motifs is 1. The van der Waals surface area contributed by atoms with Gasteiger partial charge in [0.2, 0.25) is 0 Å². The quantitative estimate of drug-likeness (QED) is 0.0461. The van der Waals surface area contributed by atoms with Gasteiger partial charge < -0.3 is 30.2 Å². The van der Waals surface area contributed by atoms with E-state index in [1.165, 1.54) is 22.8 Å². The van der Waals surface area contributed by atoms with E-state index in [0.717, 1.165) is 125 Å². The zero-order chi connectivity index (χ0) is 44.0. The molecule has 1 aliphatic carbocycles. The molecule has 0 unspecified atom stereocenters. The fraction of sp³-hybridized carbons (Fsp3) is 0.404. The van der Waals surface area contributed by atoms with Crippen molar-refractivity contribution >= 4 is 69.2 Å². The number of H-pyrrole nitrogens is 1. The predicted octanol–water partition coefficient (Wildman–Crippen LogP) is 10.6. The molecular formula is C47H54ClF3N8O2S2. The molecule has 0 bridgehead atoms. The highest BCUT2D eigenvalue weighted by Gasteiger charge is 2.32. The largest absolute Gasteiger partial charge is 0.455 e. The maximum atomic E-state index is 13.9. The van der Waals surface area contributed by atoms with Crippen molar-refractivity contribution in [3.63, 3.8) is 0 Å².